The molecule has 2 N–H and O–H groups in total. The number of fused-ring (bicyclic) bond motifs is 1. The maximum atomic E-state index is 13.2. The largest absolute Gasteiger partial charge is 0.375 e. The molecule has 0 radical (unpaired) electrons. The monoisotopic (exact) mass is 248 g/mol. The van der Waals surface area contributed by atoms with Crippen molar-refractivity contribution in [2.24, 2.45) is 0 Å². The van der Waals surface area contributed by atoms with E-state index in [9.17, 15) is 4.39 Å². The van der Waals surface area contributed by atoms with Gasteiger partial charge in [0.25, 0.3) is 0 Å². The highest BCUT2D eigenvalue weighted by molar-refractivity contribution is 7.15. The highest BCUT2D eigenvalue weighted by Gasteiger charge is 2.23. The van der Waals surface area contributed by atoms with Crippen molar-refractivity contribution < 1.29 is 4.39 Å². The van der Waals surface area contributed by atoms with Crippen LogP contribution in [-0.2, 0) is 12.8 Å². The predicted octanol–water partition coefficient (Wildman–Crippen LogP) is 3.14. The third-order valence-electron chi connectivity index (χ3n) is 3.28. The van der Waals surface area contributed by atoms with Gasteiger partial charge in [0.1, 0.15) is 5.82 Å². The van der Waals surface area contributed by atoms with Crippen LogP contribution in [0.3, 0.4) is 0 Å². The lowest BCUT2D eigenvalue weighted by atomic mass is 9.85. The summed E-state index contributed by atoms with van der Waals surface area (Å²) < 4.78 is 13.2. The minimum atomic E-state index is -0.155. The highest BCUT2D eigenvalue weighted by atomic mass is 32.1. The zero-order valence-corrected chi connectivity index (χ0v) is 10.1. The Bertz CT molecular complexity index is 550. The second-order valence-corrected chi connectivity index (χ2v) is 5.53. The van der Waals surface area contributed by atoms with Gasteiger partial charge in [-0.15, -0.1) is 11.3 Å². The molecule has 0 amide bonds. The van der Waals surface area contributed by atoms with E-state index in [4.69, 9.17) is 5.73 Å². The lowest BCUT2D eigenvalue weighted by molar-refractivity contribution is 0.573. The number of halogens is 1. The van der Waals surface area contributed by atoms with E-state index in [1.165, 1.54) is 10.9 Å². The van der Waals surface area contributed by atoms with Crippen LogP contribution in [0.4, 0.5) is 9.52 Å². The summed E-state index contributed by atoms with van der Waals surface area (Å²) in [4.78, 5) is 5.59. The molecule has 1 aromatic carbocycles. The van der Waals surface area contributed by atoms with E-state index in [2.05, 4.69) is 4.98 Å². The number of rotatable bonds is 1. The predicted molar refractivity (Wildman–Crippen MR) is 67.7 cm³/mol. The quantitative estimate of drug-likeness (QED) is 0.842. The SMILES string of the molecule is Nc1nc2c(s1)CC(c1cccc(F)c1)CC2. The summed E-state index contributed by atoms with van der Waals surface area (Å²) in [5.74, 6) is 0.246. The van der Waals surface area contributed by atoms with E-state index in [0.717, 1.165) is 30.5 Å². The van der Waals surface area contributed by atoms with E-state index < -0.39 is 0 Å². The van der Waals surface area contributed by atoms with Gasteiger partial charge in [-0.05, 0) is 42.9 Å². The number of aromatic nitrogens is 1. The van der Waals surface area contributed by atoms with Crippen LogP contribution in [0.15, 0.2) is 24.3 Å². The van der Waals surface area contributed by atoms with Gasteiger partial charge >= 0.3 is 0 Å². The molecule has 17 heavy (non-hydrogen) atoms. The molecule has 1 aliphatic rings. The molecule has 0 aliphatic heterocycles. The summed E-state index contributed by atoms with van der Waals surface area (Å²) in [5, 5.41) is 0.648. The van der Waals surface area contributed by atoms with Crippen molar-refractivity contribution in [2.75, 3.05) is 5.73 Å². The van der Waals surface area contributed by atoms with Crippen molar-refractivity contribution in [1.29, 1.82) is 0 Å². The van der Waals surface area contributed by atoms with Crippen LogP contribution in [0.1, 0.15) is 28.5 Å². The molecule has 0 fully saturated rings. The first-order chi connectivity index (χ1) is 8.22. The first-order valence-corrected chi connectivity index (χ1v) is 6.53. The molecule has 88 valence electrons. The van der Waals surface area contributed by atoms with Crippen molar-refractivity contribution >= 4 is 16.5 Å². The number of anilines is 1. The van der Waals surface area contributed by atoms with Gasteiger partial charge in [0.15, 0.2) is 5.13 Å². The van der Waals surface area contributed by atoms with E-state index in [0.29, 0.717) is 11.0 Å². The molecule has 1 unspecified atom stereocenters. The lowest BCUT2D eigenvalue weighted by Crippen LogP contribution is -2.11. The fraction of sp³-hybridized carbons (Fsp3) is 0.308. The van der Waals surface area contributed by atoms with Crippen LogP contribution in [0.2, 0.25) is 0 Å². The minimum absolute atomic E-state index is 0.155. The number of hydrogen-bond acceptors (Lipinski definition) is 3. The van der Waals surface area contributed by atoms with Gasteiger partial charge in [-0.3, -0.25) is 0 Å². The van der Waals surface area contributed by atoms with Gasteiger partial charge < -0.3 is 5.73 Å². The number of benzene rings is 1. The standard InChI is InChI=1S/C13H13FN2S/c14-10-3-1-2-8(6-10)9-4-5-11-12(7-9)17-13(15)16-11/h1-3,6,9H,4-5,7H2,(H2,15,16). The van der Waals surface area contributed by atoms with Gasteiger partial charge in [-0.1, -0.05) is 12.1 Å². The van der Waals surface area contributed by atoms with E-state index >= 15 is 0 Å². The summed E-state index contributed by atoms with van der Waals surface area (Å²) in [7, 11) is 0. The smallest absolute Gasteiger partial charge is 0.180 e. The Morgan fingerprint density at radius 1 is 1.41 bits per heavy atom. The molecule has 0 spiro atoms. The van der Waals surface area contributed by atoms with Crippen molar-refractivity contribution in [2.45, 2.75) is 25.2 Å². The molecule has 2 nitrogen and oxygen atoms in total. The van der Waals surface area contributed by atoms with Gasteiger partial charge in [0.05, 0.1) is 5.69 Å². The summed E-state index contributed by atoms with van der Waals surface area (Å²) >= 11 is 1.57. The van der Waals surface area contributed by atoms with Crippen LogP contribution in [0.5, 0.6) is 0 Å². The van der Waals surface area contributed by atoms with Crippen LogP contribution in [0, 0.1) is 5.82 Å². The Labute approximate surface area is 103 Å². The second kappa shape index (κ2) is 4.11. The Hall–Kier alpha value is -1.42. The Balaban J connectivity index is 1.88. The summed E-state index contributed by atoms with van der Waals surface area (Å²) in [6, 6.07) is 6.91. The summed E-state index contributed by atoms with van der Waals surface area (Å²) in [6.07, 6.45) is 2.91. The second-order valence-electron chi connectivity index (χ2n) is 4.42. The Morgan fingerprint density at radius 3 is 3.12 bits per heavy atom. The van der Waals surface area contributed by atoms with Gasteiger partial charge in [-0.2, -0.15) is 0 Å². The molecular weight excluding hydrogens is 235 g/mol. The normalized spacial score (nSPS) is 19.0. The summed E-state index contributed by atoms with van der Waals surface area (Å²) in [5.41, 5.74) is 7.94. The molecule has 0 saturated heterocycles. The van der Waals surface area contributed by atoms with Crippen LogP contribution < -0.4 is 5.73 Å². The molecule has 1 atom stereocenters. The topological polar surface area (TPSA) is 38.9 Å². The maximum Gasteiger partial charge on any atom is 0.180 e. The number of nitrogens with zero attached hydrogens (tertiary/aromatic N) is 1. The van der Waals surface area contributed by atoms with Crippen molar-refractivity contribution in [3.8, 4) is 0 Å². The molecule has 2 aromatic rings. The average Bonchev–Trinajstić information content (AvgIpc) is 2.68. The average molecular weight is 248 g/mol. The van der Waals surface area contributed by atoms with Crippen LogP contribution >= 0.6 is 11.3 Å². The Kier molecular flexibility index (Phi) is 2.59. The molecule has 1 aliphatic carbocycles. The van der Waals surface area contributed by atoms with E-state index in [1.54, 1.807) is 23.5 Å². The molecule has 4 heteroatoms. The Morgan fingerprint density at radius 2 is 2.29 bits per heavy atom. The zero-order valence-electron chi connectivity index (χ0n) is 9.32. The number of nitrogens with two attached hydrogens (primary N) is 1. The number of nitrogen functional groups attached to an aromatic ring is 1. The zero-order chi connectivity index (χ0) is 11.8. The number of thiazole rings is 1. The fourth-order valence-electron chi connectivity index (χ4n) is 2.44. The molecule has 3 rings (SSSR count). The molecular formula is C13H13FN2S. The van der Waals surface area contributed by atoms with Gasteiger partial charge in [0, 0.05) is 4.88 Å². The summed E-state index contributed by atoms with van der Waals surface area (Å²) in [6.45, 7) is 0. The highest BCUT2D eigenvalue weighted by Crippen LogP contribution is 2.36. The van der Waals surface area contributed by atoms with Crippen molar-refractivity contribution in [3.05, 3.63) is 46.2 Å². The number of aryl methyl sites for hydroxylation is 1. The maximum absolute atomic E-state index is 13.2. The van der Waals surface area contributed by atoms with E-state index in [-0.39, 0.29) is 5.82 Å². The molecule has 0 saturated carbocycles. The minimum Gasteiger partial charge on any atom is -0.375 e. The van der Waals surface area contributed by atoms with Gasteiger partial charge in [0.2, 0.25) is 0 Å². The first kappa shape index (κ1) is 10.7. The van der Waals surface area contributed by atoms with Crippen molar-refractivity contribution in [3.63, 3.8) is 0 Å². The van der Waals surface area contributed by atoms with Gasteiger partial charge in [-0.25, -0.2) is 9.37 Å². The number of hydrogen-bond donors (Lipinski definition) is 1. The van der Waals surface area contributed by atoms with Crippen LogP contribution in [-0.4, -0.2) is 4.98 Å². The third-order valence-corrected chi connectivity index (χ3v) is 4.23. The lowest BCUT2D eigenvalue weighted by Gasteiger charge is -2.21. The fourth-order valence-corrected chi connectivity index (χ4v) is 3.40. The van der Waals surface area contributed by atoms with E-state index in [1.807, 2.05) is 6.07 Å². The molecule has 1 heterocycles. The van der Waals surface area contributed by atoms with Crippen LogP contribution in [0.25, 0.3) is 0 Å². The molecule has 0 bridgehead atoms. The third kappa shape index (κ3) is 2.05. The first-order valence-electron chi connectivity index (χ1n) is 5.72. The molecule has 1 aromatic heterocycles. The van der Waals surface area contributed by atoms with Crippen molar-refractivity contribution in [1.82, 2.24) is 4.98 Å².